The minimum Gasteiger partial charge on any atom is -0.490 e. The van der Waals surface area contributed by atoms with E-state index in [1.807, 2.05) is 0 Å². The highest BCUT2D eigenvalue weighted by Crippen LogP contribution is 2.27. The maximum atomic E-state index is 6.21. The number of ether oxygens (including phenoxy) is 1. The van der Waals surface area contributed by atoms with Crippen molar-refractivity contribution in [1.29, 1.82) is 0 Å². The fourth-order valence-electron chi connectivity index (χ4n) is 2.67. The monoisotopic (exact) mass is 353 g/mol. The number of halogens is 1. The molecule has 0 bridgehead atoms. The summed E-state index contributed by atoms with van der Waals surface area (Å²) in [5.74, 6) is 1.01. The van der Waals surface area contributed by atoms with E-state index in [1.54, 1.807) is 0 Å². The van der Waals surface area contributed by atoms with Gasteiger partial charge in [0.15, 0.2) is 0 Å². The van der Waals surface area contributed by atoms with Crippen LogP contribution in [0.2, 0.25) is 0 Å². The predicted octanol–water partition coefficient (Wildman–Crippen LogP) is 5.44. The average molecular weight is 354 g/mol. The number of nitrogens with one attached hydrogen (secondary N) is 1. The Balaban J connectivity index is 2.00. The third-order valence-electron chi connectivity index (χ3n) is 3.93. The Labute approximate surface area is 137 Å². The fourth-order valence-corrected chi connectivity index (χ4v) is 3.06. The summed E-state index contributed by atoms with van der Waals surface area (Å²) in [6, 6.07) is 6.36. The normalized spacial score (nSPS) is 17.5. The molecule has 0 aromatic heterocycles. The van der Waals surface area contributed by atoms with Crippen molar-refractivity contribution in [2.75, 3.05) is 0 Å². The highest BCUT2D eigenvalue weighted by Gasteiger charge is 2.15. The van der Waals surface area contributed by atoms with Crippen LogP contribution >= 0.6 is 15.9 Å². The summed E-state index contributed by atoms with van der Waals surface area (Å²) < 4.78 is 7.36. The molecule has 0 unspecified atom stereocenters. The minimum absolute atomic E-state index is 0.123. The Morgan fingerprint density at radius 1 is 1.14 bits per heavy atom. The van der Waals surface area contributed by atoms with Gasteiger partial charge in [-0.1, -0.05) is 28.8 Å². The molecule has 2 nitrogen and oxygen atoms in total. The van der Waals surface area contributed by atoms with Gasteiger partial charge >= 0.3 is 0 Å². The lowest BCUT2D eigenvalue weighted by Crippen LogP contribution is -2.35. The Bertz CT molecular complexity index is 445. The van der Waals surface area contributed by atoms with E-state index in [0.717, 1.165) is 16.8 Å². The molecule has 1 N–H and O–H groups in total. The van der Waals surface area contributed by atoms with Crippen molar-refractivity contribution in [3.63, 3.8) is 0 Å². The van der Waals surface area contributed by atoms with Crippen molar-refractivity contribution in [2.24, 2.45) is 0 Å². The summed E-state index contributed by atoms with van der Waals surface area (Å²) in [5.41, 5.74) is 1.38. The highest BCUT2D eigenvalue weighted by molar-refractivity contribution is 9.10. The van der Waals surface area contributed by atoms with Crippen LogP contribution in [0, 0.1) is 0 Å². The maximum Gasteiger partial charge on any atom is 0.120 e. The van der Waals surface area contributed by atoms with E-state index in [1.165, 1.54) is 44.1 Å². The molecule has 1 saturated carbocycles. The van der Waals surface area contributed by atoms with Crippen molar-refractivity contribution in [2.45, 2.75) is 77.5 Å². The molecule has 0 radical (unpaired) electrons. The largest absolute Gasteiger partial charge is 0.490 e. The number of rotatable bonds is 4. The first-order chi connectivity index (χ1) is 9.94. The second-order valence-corrected chi connectivity index (χ2v) is 7.94. The molecule has 1 aromatic rings. The van der Waals surface area contributed by atoms with Crippen molar-refractivity contribution >= 4 is 15.9 Å². The minimum atomic E-state index is 0.123. The van der Waals surface area contributed by atoms with E-state index in [4.69, 9.17) is 4.74 Å². The molecule has 1 aliphatic rings. The number of benzene rings is 1. The standard InChI is InChI=1S/C18H28BrNO/c1-18(2,3)20-13-14-12-16(10-11-17(14)19)21-15-8-6-4-5-7-9-15/h10-12,15,20H,4-9,13H2,1-3H3. The van der Waals surface area contributed by atoms with E-state index >= 15 is 0 Å². The van der Waals surface area contributed by atoms with Crippen LogP contribution in [0.3, 0.4) is 0 Å². The van der Waals surface area contributed by atoms with Crippen molar-refractivity contribution in [3.8, 4) is 5.75 Å². The number of hydrogen-bond acceptors (Lipinski definition) is 2. The lowest BCUT2D eigenvalue weighted by Gasteiger charge is -2.22. The Morgan fingerprint density at radius 2 is 1.81 bits per heavy atom. The molecule has 0 spiro atoms. The molecule has 0 amide bonds. The zero-order valence-electron chi connectivity index (χ0n) is 13.5. The molecule has 1 aromatic carbocycles. The molecule has 1 aliphatic carbocycles. The molecule has 1 fully saturated rings. The lowest BCUT2D eigenvalue weighted by atomic mass is 10.1. The quantitative estimate of drug-likeness (QED) is 0.727. The van der Waals surface area contributed by atoms with Crippen LogP contribution < -0.4 is 10.1 Å². The van der Waals surface area contributed by atoms with E-state index in [2.05, 4.69) is 60.2 Å². The third kappa shape index (κ3) is 5.99. The average Bonchev–Trinajstić information content (AvgIpc) is 2.67. The van der Waals surface area contributed by atoms with Crippen LogP contribution in [-0.4, -0.2) is 11.6 Å². The van der Waals surface area contributed by atoms with Gasteiger partial charge < -0.3 is 10.1 Å². The molecule has 0 heterocycles. The maximum absolute atomic E-state index is 6.21. The molecule has 0 aliphatic heterocycles. The summed E-state index contributed by atoms with van der Waals surface area (Å²) >= 11 is 3.64. The van der Waals surface area contributed by atoms with Crippen LogP contribution in [0.25, 0.3) is 0 Å². The lowest BCUT2D eigenvalue weighted by molar-refractivity contribution is 0.183. The van der Waals surface area contributed by atoms with Crippen molar-refractivity contribution < 1.29 is 4.74 Å². The second-order valence-electron chi connectivity index (χ2n) is 7.09. The van der Waals surface area contributed by atoms with E-state index in [0.29, 0.717) is 6.10 Å². The summed E-state index contributed by atoms with van der Waals surface area (Å²) in [6.45, 7) is 7.41. The molecule has 0 atom stereocenters. The molecular formula is C18H28BrNO. The van der Waals surface area contributed by atoms with Gasteiger partial charge in [0.1, 0.15) is 5.75 Å². The van der Waals surface area contributed by atoms with Gasteiger partial charge in [-0.2, -0.15) is 0 Å². The van der Waals surface area contributed by atoms with Gasteiger partial charge in [-0.05, 0) is 70.2 Å². The third-order valence-corrected chi connectivity index (χ3v) is 4.70. The smallest absolute Gasteiger partial charge is 0.120 e. The van der Waals surface area contributed by atoms with Crippen LogP contribution in [0.4, 0.5) is 0 Å². The van der Waals surface area contributed by atoms with Crippen LogP contribution in [0.5, 0.6) is 5.75 Å². The van der Waals surface area contributed by atoms with E-state index < -0.39 is 0 Å². The van der Waals surface area contributed by atoms with Crippen molar-refractivity contribution in [3.05, 3.63) is 28.2 Å². The molecule has 118 valence electrons. The topological polar surface area (TPSA) is 21.3 Å². The first-order valence-corrected chi connectivity index (χ1v) is 8.93. The van der Waals surface area contributed by atoms with Gasteiger partial charge in [0, 0.05) is 16.6 Å². The fraction of sp³-hybridized carbons (Fsp3) is 0.667. The van der Waals surface area contributed by atoms with Gasteiger partial charge in [0.25, 0.3) is 0 Å². The molecule has 3 heteroatoms. The first kappa shape index (κ1) is 16.8. The van der Waals surface area contributed by atoms with Gasteiger partial charge in [-0.25, -0.2) is 0 Å². The van der Waals surface area contributed by atoms with Crippen molar-refractivity contribution in [1.82, 2.24) is 5.32 Å². The van der Waals surface area contributed by atoms with E-state index in [9.17, 15) is 0 Å². The molecule has 0 saturated heterocycles. The van der Waals surface area contributed by atoms with Gasteiger partial charge in [0.2, 0.25) is 0 Å². The van der Waals surface area contributed by atoms with Crippen LogP contribution in [0.15, 0.2) is 22.7 Å². The zero-order chi connectivity index (χ0) is 15.3. The molecule has 21 heavy (non-hydrogen) atoms. The summed E-state index contributed by atoms with van der Waals surface area (Å²) in [5, 5.41) is 3.53. The molecular weight excluding hydrogens is 326 g/mol. The SMILES string of the molecule is CC(C)(C)NCc1cc(OC2CCCCCC2)ccc1Br. The zero-order valence-corrected chi connectivity index (χ0v) is 15.1. The Hall–Kier alpha value is -0.540. The van der Waals surface area contributed by atoms with E-state index in [-0.39, 0.29) is 5.54 Å². The second kappa shape index (κ2) is 7.64. The number of hydrogen-bond donors (Lipinski definition) is 1. The predicted molar refractivity (Wildman–Crippen MR) is 92.9 cm³/mol. The van der Waals surface area contributed by atoms with Gasteiger partial charge in [-0.15, -0.1) is 0 Å². The van der Waals surface area contributed by atoms with Gasteiger partial charge in [0.05, 0.1) is 6.10 Å². The highest BCUT2D eigenvalue weighted by atomic mass is 79.9. The summed E-state index contributed by atoms with van der Waals surface area (Å²) in [6.07, 6.45) is 8.13. The summed E-state index contributed by atoms with van der Waals surface area (Å²) in [7, 11) is 0. The van der Waals surface area contributed by atoms with Gasteiger partial charge in [-0.3, -0.25) is 0 Å². The summed E-state index contributed by atoms with van der Waals surface area (Å²) in [4.78, 5) is 0. The molecule has 2 rings (SSSR count). The Kier molecular flexibility index (Phi) is 6.12. The van der Waals surface area contributed by atoms with Crippen LogP contribution in [0.1, 0.15) is 64.9 Å². The van der Waals surface area contributed by atoms with Crippen LogP contribution in [-0.2, 0) is 6.54 Å². The first-order valence-electron chi connectivity index (χ1n) is 8.14. The Morgan fingerprint density at radius 3 is 2.43 bits per heavy atom.